The first-order valence-electron chi connectivity index (χ1n) is 4.97. The molecular weight excluding hydrogens is 190 g/mol. The summed E-state index contributed by atoms with van der Waals surface area (Å²) in [5, 5.41) is 0. The highest BCUT2D eigenvalue weighted by molar-refractivity contribution is 5.76. The first kappa shape index (κ1) is 9.90. The van der Waals surface area contributed by atoms with Gasteiger partial charge in [-0.05, 0) is 24.0 Å². The number of nitrogens with zero attached hydrogens (tertiary/aromatic N) is 1. The zero-order valence-electron chi connectivity index (χ0n) is 8.59. The second-order valence-corrected chi connectivity index (χ2v) is 3.67. The number of pyridine rings is 1. The van der Waals surface area contributed by atoms with Gasteiger partial charge < -0.3 is 4.74 Å². The molecule has 0 saturated heterocycles. The SMILES string of the molecule is COC(=O)C1CC1/C=C/c1cccnc1. The van der Waals surface area contributed by atoms with Crippen molar-refractivity contribution < 1.29 is 9.53 Å². The standard InChI is InChI=1S/C12H13NO2/c1-15-12(14)11-7-10(11)5-4-9-3-2-6-13-8-9/h2-6,8,10-11H,7H2,1H3/b5-4+. The van der Waals surface area contributed by atoms with E-state index in [1.165, 1.54) is 7.11 Å². The molecule has 1 aliphatic rings. The molecule has 1 aromatic heterocycles. The largest absolute Gasteiger partial charge is 0.469 e. The van der Waals surface area contributed by atoms with Crippen LogP contribution in [0.4, 0.5) is 0 Å². The number of hydrogen-bond donors (Lipinski definition) is 0. The lowest BCUT2D eigenvalue weighted by atomic mass is 10.2. The maximum Gasteiger partial charge on any atom is 0.309 e. The molecule has 0 N–H and O–H groups in total. The molecule has 2 unspecified atom stereocenters. The van der Waals surface area contributed by atoms with Crippen LogP contribution in [0.5, 0.6) is 0 Å². The maximum atomic E-state index is 11.1. The smallest absolute Gasteiger partial charge is 0.309 e. The highest BCUT2D eigenvalue weighted by atomic mass is 16.5. The van der Waals surface area contributed by atoms with E-state index in [4.69, 9.17) is 0 Å². The van der Waals surface area contributed by atoms with E-state index in [0.29, 0.717) is 5.92 Å². The summed E-state index contributed by atoms with van der Waals surface area (Å²) in [6.07, 6.45) is 8.50. The van der Waals surface area contributed by atoms with Crippen molar-refractivity contribution in [1.82, 2.24) is 4.98 Å². The van der Waals surface area contributed by atoms with E-state index in [9.17, 15) is 4.79 Å². The van der Waals surface area contributed by atoms with Gasteiger partial charge in [0.15, 0.2) is 0 Å². The van der Waals surface area contributed by atoms with Gasteiger partial charge in [-0.15, -0.1) is 0 Å². The molecule has 2 rings (SSSR count). The quantitative estimate of drug-likeness (QED) is 0.704. The third-order valence-electron chi connectivity index (χ3n) is 2.56. The Balaban J connectivity index is 1.90. The van der Waals surface area contributed by atoms with Crippen molar-refractivity contribution in [2.24, 2.45) is 11.8 Å². The summed E-state index contributed by atoms with van der Waals surface area (Å²) in [5.41, 5.74) is 1.06. The van der Waals surface area contributed by atoms with Crippen molar-refractivity contribution in [3.8, 4) is 0 Å². The predicted molar refractivity (Wildman–Crippen MR) is 56.9 cm³/mol. The van der Waals surface area contributed by atoms with Gasteiger partial charge in [0, 0.05) is 12.4 Å². The van der Waals surface area contributed by atoms with Gasteiger partial charge in [-0.1, -0.05) is 18.2 Å². The Bertz CT molecular complexity index is 372. The van der Waals surface area contributed by atoms with Crippen LogP contribution in [0, 0.1) is 11.8 Å². The number of methoxy groups -OCH3 is 1. The molecule has 1 heterocycles. The van der Waals surface area contributed by atoms with Crippen LogP contribution in [0.3, 0.4) is 0 Å². The van der Waals surface area contributed by atoms with E-state index >= 15 is 0 Å². The lowest BCUT2D eigenvalue weighted by Crippen LogP contribution is -2.03. The number of allylic oxidation sites excluding steroid dienone is 1. The van der Waals surface area contributed by atoms with Crippen LogP contribution in [0.25, 0.3) is 6.08 Å². The maximum absolute atomic E-state index is 11.1. The van der Waals surface area contributed by atoms with Gasteiger partial charge in [-0.3, -0.25) is 9.78 Å². The molecule has 1 aliphatic carbocycles. The van der Waals surface area contributed by atoms with Gasteiger partial charge in [-0.25, -0.2) is 0 Å². The Morgan fingerprint density at radius 2 is 2.53 bits per heavy atom. The Hall–Kier alpha value is -1.64. The zero-order valence-corrected chi connectivity index (χ0v) is 8.59. The first-order chi connectivity index (χ1) is 7.31. The van der Waals surface area contributed by atoms with Crippen LogP contribution in [0.1, 0.15) is 12.0 Å². The van der Waals surface area contributed by atoms with Crippen molar-refractivity contribution in [3.05, 3.63) is 36.2 Å². The Morgan fingerprint density at radius 3 is 3.20 bits per heavy atom. The van der Waals surface area contributed by atoms with Gasteiger partial charge >= 0.3 is 5.97 Å². The molecule has 15 heavy (non-hydrogen) atoms. The normalized spacial score (nSPS) is 24.1. The third-order valence-corrected chi connectivity index (χ3v) is 2.56. The number of hydrogen-bond acceptors (Lipinski definition) is 3. The van der Waals surface area contributed by atoms with E-state index in [2.05, 4.69) is 15.8 Å². The van der Waals surface area contributed by atoms with E-state index < -0.39 is 0 Å². The highest BCUT2D eigenvalue weighted by Gasteiger charge is 2.41. The van der Waals surface area contributed by atoms with Crippen LogP contribution in [-0.4, -0.2) is 18.1 Å². The molecule has 3 heteroatoms. The number of carbonyl (C=O) groups excluding carboxylic acids is 1. The number of carbonyl (C=O) groups is 1. The van der Waals surface area contributed by atoms with Gasteiger partial charge in [-0.2, -0.15) is 0 Å². The molecule has 1 fully saturated rings. The zero-order chi connectivity index (χ0) is 10.7. The van der Waals surface area contributed by atoms with Crippen molar-refractivity contribution in [2.75, 3.05) is 7.11 Å². The topological polar surface area (TPSA) is 39.2 Å². The molecule has 1 saturated carbocycles. The van der Waals surface area contributed by atoms with E-state index in [1.54, 1.807) is 12.4 Å². The lowest BCUT2D eigenvalue weighted by Gasteiger charge is -1.94. The molecule has 0 aliphatic heterocycles. The van der Waals surface area contributed by atoms with Gasteiger partial charge in [0.25, 0.3) is 0 Å². The fourth-order valence-corrected chi connectivity index (χ4v) is 1.56. The molecule has 0 bridgehead atoms. The van der Waals surface area contributed by atoms with Crippen LogP contribution in [-0.2, 0) is 9.53 Å². The summed E-state index contributed by atoms with van der Waals surface area (Å²) in [4.78, 5) is 15.1. The number of aromatic nitrogens is 1. The van der Waals surface area contributed by atoms with Crippen LogP contribution in [0.15, 0.2) is 30.6 Å². The minimum absolute atomic E-state index is 0.0721. The Morgan fingerprint density at radius 1 is 1.67 bits per heavy atom. The summed E-state index contributed by atoms with van der Waals surface area (Å²) in [7, 11) is 1.43. The molecule has 0 radical (unpaired) electrons. The summed E-state index contributed by atoms with van der Waals surface area (Å²) < 4.78 is 4.67. The molecular formula is C12H13NO2. The monoisotopic (exact) mass is 203 g/mol. The second kappa shape index (κ2) is 4.26. The fraction of sp³-hybridized carbons (Fsp3) is 0.333. The van der Waals surface area contributed by atoms with Crippen molar-refractivity contribution in [2.45, 2.75) is 6.42 Å². The van der Waals surface area contributed by atoms with Crippen LogP contribution < -0.4 is 0 Å². The summed E-state index contributed by atoms with van der Waals surface area (Å²) in [6.45, 7) is 0. The lowest BCUT2D eigenvalue weighted by molar-refractivity contribution is -0.142. The minimum Gasteiger partial charge on any atom is -0.469 e. The highest BCUT2D eigenvalue weighted by Crippen LogP contribution is 2.40. The van der Waals surface area contributed by atoms with Crippen molar-refractivity contribution in [1.29, 1.82) is 0 Å². The average molecular weight is 203 g/mol. The number of rotatable bonds is 3. The summed E-state index contributed by atoms with van der Waals surface area (Å²) in [5.74, 6) is 0.316. The average Bonchev–Trinajstić information content (AvgIpc) is 3.06. The molecule has 78 valence electrons. The van der Waals surface area contributed by atoms with E-state index in [0.717, 1.165) is 12.0 Å². The van der Waals surface area contributed by atoms with Crippen molar-refractivity contribution in [3.63, 3.8) is 0 Å². The first-order valence-corrected chi connectivity index (χ1v) is 4.97. The van der Waals surface area contributed by atoms with Gasteiger partial charge in [0.2, 0.25) is 0 Å². The van der Waals surface area contributed by atoms with E-state index in [1.807, 2.05) is 18.2 Å². The number of ether oxygens (including phenoxy) is 1. The fourth-order valence-electron chi connectivity index (χ4n) is 1.56. The van der Waals surface area contributed by atoms with Gasteiger partial charge in [0.1, 0.15) is 0 Å². The Labute approximate surface area is 88.8 Å². The third kappa shape index (κ3) is 2.43. The second-order valence-electron chi connectivity index (χ2n) is 3.67. The molecule has 0 spiro atoms. The van der Waals surface area contributed by atoms with Crippen LogP contribution >= 0.6 is 0 Å². The minimum atomic E-state index is -0.101. The van der Waals surface area contributed by atoms with Crippen LogP contribution in [0.2, 0.25) is 0 Å². The molecule has 0 amide bonds. The molecule has 2 atom stereocenters. The summed E-state index contributed by atoms with van der Waals surface area (Å²) in [6, 6.07) is 3.88. The summed E-state index contributed by atoms with van der Waals surface area (Å²) >= 11 is 0. The Kier molecular flexibility index (Phi) is 2.81. The predicted octanol–water partition coefficient (Wildman–Crippen LogP) is 1.90. The molecule has 1 aromatic rings. The van der Waals surface area contributed by atoms with Crippen molar-refractivity contribution >= 4 is 12.0 Å². The van der Waals surface area contributed by atoms with Gasteiger partial charge in [0.05, 0.1) is 13.0 Å². The number of esters is 1. The van der Waals surface area contributed by atoms with E-state index in [-0.39, 0.29) is 11.9 Å². The molecule has 3 nitrogen and oxygen atoms in total. The molecule has 0 aromatic carbocycles.